The number of ether oxygens (including phenoxy) is 1. The van der Waals surface area contributed by atoms with E-state index >= 15 is 0 Å². The zero-order chi connectivity index (χ0) is 8.06. The van der Waals surface area contributed by atoms with Crippen LogP contribution < -0.4 is 5.32 Å². The third kappa shape index (κ3) is 0.692. The summed E-state index contributed by atoms with van der Waals surface area (Å²) in [5, 5.41) is 3.27. The number of hydrogen-bond donors (Lipinski definition) is 1. The summed E-state index contributed by atoms with van der Waals surface area (Å²) in [6.07, 6.45) is 1.02. The van der Waals surface area contributed by atoms with Gasteiger partial charge in [0, 0.05) is 6.04 Å². The minimum atomic E-state index is -0.144. The van der Waals surface area contributed by atoms with Gasteiger partial charge in [0.05, 0.1) is 12.5 Å². The molecule has 0 radical (unpaired) electrons. The summed E-state index contributed by atoms with van der Waals surface area (Å²) in [6, 6.07) is 0.306. The molecule has 62 valence electrons. The molecule has 2 fully saturated rings. The normalized spacial score (nSPS) is 46.7. The van der Waals surface area contributed by atoms with Crippen molar-refractivity contribution in [2.45, 2.75) is 19.4 Å². The van der Waals surface area contributed by atoms with E-state index in [1.165, 1.54) is 7.11 Å². The molecule has 1 saturated heterocycles. The number of nitrogens with one attached hydrogen (secondary N) is 1. The van der Waals surface area contributed by atoms with Crippen molar-refractivity contribution in [3.8, 4) is 0 Å². The SMILES string of the molecule is COC(=O)[C@]12C[C@H]1CN[C@H]2C. The zero-order valence-electron chi connectivity index (χ0n) is 6.89. The maximum absolute atomic E-state index is 11.3. The molecule has 11 heavy (non-hydrogen) atoms. The first-order valence-corrected chi connectivity index (χ1v) is 4.03. The first kappa shape index (κ1) is 7.10. The molecule has 0 amide bonds. The first-order valence-electron chi connectivity index (χ1n) is 4.03. The standard InChI is InChI=1S/C8H13NO2/c1-5-8(7(10)11-2)3-6(8)4-9-5/h5-6,9H,3-4H2,1-2H3/t5-,6-,8-/m0/s1. The average Bonchev–Trinajstić information content (AvgIpc) is 2.68. The second-order valence-corrected chi connectivity index (χ2v) is 3.56. The van der Waals surface area contributed by atoms with Gasteiger partial charge in [-0.2, -0.15) is 0 Å². The van der Waals surface area contributed by atoms with Crippen molar-refractivity contribution in [3.05, 3.63) is 0 Å². The van der Waals surface area contributed by atoms with Crippen molar-refractivity contribution >= 4 is 5.97 Å². The Morgan fingerprint density at radius 2 is 2.45 bits per heavy atom. The molecule has 0 aromatic heterocycles. The molecule has 0 aromatic carbocycles. The number of methoxy groups -OCH3 is 1. The van der Waals surface area contributed by atoms with Gasteiger partial charge in [-0.05, 0) is 25.8 Å². The van der Waals surface area contributed by atoms with Crippen LogP contribution in [-0.4, -0.2) is 25.7 Å². The Bertz CT molecular complexity index is 204. The lowest BCUT2D eigenvalue weighted by Gasteiger charge is -2.16. The highest BCUT2D eigenvalue weighted by molar-refractivity contribution is 5.82. The molecule has 1 aliphatic heterocycles. The van der Waals surface area contributed by atoms with Crippen LogP contribution in [0.15, 0.2) is 0 Å². The molecular weight excluding hydrogens is 142 g/mol. The summed E-state index contributed by atoms with van der Waals surface area (Å²) in [5.41, 5.74) is -0.144. The summed E-state index contributed by atoms with van der Waals surface area (Å²) in [4.78, 5) is 11.3. The van der Waals surface area contributed by atoms with E-state index in [4.69, 9.17) is 4.74 Å². The molecule has 1 heterocycles. The van der Waals surface area contributed by atoms with E-state index in [-0.39, 0.29) is 11.4 Å². The summed E-state index contributed by atoms with van der Waals surface area (Å²) in [7, 11) is 1.47. The lowest BCUT2D eigenvalue weighted by atomic mass is 9.99. The number of fused-ring (bicyclic) bond motifs is 1. The van der Waals surface area contributed by atoms with Crippen LogP contribution in [0.2, 0.25) is 0 Å². The van der Waals surface area contributed by atoms with E-state index in [9.17, 15) is 4.79 Å². The molecule has 0 aromatic rings. The molecule has 3 nitrogen and oxygen atoms in total. The zero-order valence-corrected chi connectivity index (χ0v) is 6.89. The van der Waals surface area contributed by atoms with E-state index in [0.717, 1.165) is 13.0 Å². The Morgan fingerprint density at radius 1 is 1.73 bits per heavy atom. The van der Waals surface area contributed by atoms with Gasteiger partial charge in [0.25, 0.3) is 0 Å². The second-order valence-electron chi connectivity index (χ2n) is 3.56. The molecule has 1 saturated carbocycles. The van der Waals surface area contributed by atoms with Gasteiger partial charge in [0.1, 0.15) is 0 Å². The van der Waals surface area contributed by atoms with Crippen LogP contribution in [0.4, 0.5) is 0 Å². The fourth-order valence-corrected chi connectivity index (χ4v) is 2.25. The summed E-state index contributed by atoms with van der Waals surface area (Å²) in [6.45, 7) is 3.04. The van der Waals surface area contributed by atoms with E-state index in [1.54, 1.807) is 0 Å². The monoisotopic (exact) mass is 155 g/mol. The van der Waals surface area contributed by atoms with E-state index in [0.29, 0.717) is 12.0 Å². The van der Waals surface area contributed by atoms with Gasteiger partial charge in [0.2, 0.25) is 0 Å². The molecule has 3 atom stereocenters. The van der Waals surface area contributed by atoms with Gasteiger partial charge in [0.15, 0.2) is 0 Å². The van der Waals surface area contributed by atoms with Crippen LogP contribution in [0, 0.1) is 11.3 Å². The number of esters is 1. The predicted octanol–water partition coefficient (Wildman–Crippen LogP) is 0.157. The topological polar surface area (TPSA) is 38.3 Å². The Hall–Kier alpha value is -0.570. The number of hydrogen-bond acceptors (Lipinski definition) is 3. The second kappa shape index (κ2) is 1.97. The molecule has 2 aliphatic rings. The third-order valence-corrected chi connectivity index (χ3v) is 3.16. The van der Waals surface area contributed by atoms with Crippen molar-refractivity contribution in [2.24, 2.45) is 11.3 Å². The molecular formula is C8H13NO2. The third-order valence-electron chi connectivity index (χ3n) is 3.16. The lowest BCUT2D eigenvalue weighted by Crippen LogP contribution is -2.34. The molecule has 0 spiro atoms. The Labute approximate surface area is 66.1 Å². The Kier molecular flexibility index (Phi) is 1.27. The quantitative estimate of drug-likeness (QED) is 0.548. The summed E-state index contributed by atoms with van der Waals surface area (Å²) >= 11 is 0. The van der Waals surface area contributed by atoms with Crippen LogP contribution in [0.1, 0.15) is 13.3 Å². The Morgan fingerprint density at radius 3 is 2.82 bits per heavy atom. The van der Waals surface area contributed by atoms with E-state index < -0.39 is 0 Å². The highest BCUT2D eigenvalue weighted by Gasteiger charge is 2.67. The minimum Gasteiger partial charge on any atom is -0.469 e. The smallest absolute Gasteiger partial charge is 0.313 e. The number of carbonyl (C=O) groups excluding carboxylic acids is 1. The molecule has 1 aliphatic carbocycles. The number of carbonyl (C=O) groups is 1. The van der Waals surface area contributed by atoms with Gasteiger partial charge < -0.3 is 10.1 Å². The van der Waals surface area contributed by atoms with Gasteiger partial charge in [-0.3, -0.25) is 4.79 Å². The molecule has 3 heteroatoms. The van der Waals surface area contributed by atoms with Crippen molar-refractivity contribution in [1.29, 1.82) is 0 Å². The van der Waals surface area contributed by atoms with Crippen LogP contribution in [0.25, 0.3) is 0 Å². The fraction of sp³-hybridized carbons (Fsp3) is 0.875. The van der Waals surface area contributed by atoms with Crippen LogP contribution in [0.3, 0.4) is 0 Å². The molecule has 1 N–H and O–H groups in total. The van der Waals surface area contributed by atoms with Gasteiger partial charge >= 0.3 is 5.97 Å². The predicted molar refractivity (Wildman–Crippen MR) is 40.0 cm³/mol. The summed E-state index contributed by atoms with van der Waals surface area (Å²) in [5.74, 6) is 0.518. The average molecular weight is 155 g/mol. The van der Waals surface area contributed by atoms with Crippen LogP contribution in [0.5, 0.6) is 0 Å². The van der Waals surface area contributed by atoms with Crippen molar-refractivity contribution in [3.63, 3.8) is 0 Å². The maximum atomic E-state index is 11.3. The van der Waals surface area contributed by atoms with Gasteiger partial charge in [-0.25, -0.2) is 0 Å². The number of rotatable bonds is 1. The van der Waals surface area contributed by atoms with Crippen LogP contribution >= 0.6 is 0 Å². The van der Waals surface area contributed by atoms with Crippen LogP contribution in [-0.2, 0) is 9.53 Å². The molecule has 0 bridgehead atoms. The van der Waals surface area contributed by atoms with Crippen molar-refractivity contribution in [1.82, 2.24) is 5.32 Å². The Balaban J connectivity index is 2.18. The van der Waals surface area contributed by atoms with E-state index in [1.807, 2.05) is 0 Å². The largest absolute Gasteiger partial charge is 0.469 e. The van der Waals surface area contributed by atoms with Crippen molar-refractivity contribution in [2.75, 3.05) is 13.7 Å². The lowest BCUT2D eigenvalue weighted by molar-refractivity contribution is -0.147. The maximum Gasteiger partial charge on any atom is 0.313 e. The first-order chi connectivity index (χ1) is 5.21. The highest BCUT2D eigenvalue weighted by atomic mass is 16.5. The fourth-order valence-electron chi connectivity index (χ4n) is 2.25. The highest BCUT2D eigenvalue weighted by Crippen LogP contribution is 2.58. The minimum absolute atomic E-state index is 0.0278. The van der Waals surface area contributed by atoms with E-state index in [2.05, 4.69) is 12.2 Å². The molecule has 2 rings (SSSR count). The molecule has 0 unspecified atom stereocenters. The number of piperidine rings is 1. The van der Waals surface area contributed by atoms with Gasteiger partial charge in [-0.1, -0.05) is 0 Å². The summed E-state index contributed by atoms with van der Waals surface area (Å²) < 4.78 is 4.77. The van der Waals surface area contributed by atoms with Crippen molar-refractivity contribution < 1.29 is 9.53 Å². The van der Waals surface area contributed by atoms with Gasteiger partial charge in [-0.15, -0.1) is 0 Å².